The van der Waals surface area contributed by atoms with Gasteiger partial charge in [-0.05, 0) is 54.4 Å². The lowest BCUT2D eigenvalue weighted by Gasteiger charge is -2.09. The molecule has 0 bridgehead atoms. The molecule has 7 heteroatoms. The number of ether oxygens (including phenoxy) is 1. The third-order valence-electron chi connectivity index (χ3n) is 5.55. The average Bonchev–Trinajstić information content (AvgIpc) is 3.12. The maximum absolute atomic E-state index is 12.4. The number of para-hydroxylation sites is 1. The molecular formula is C27H27N3O4. The zero-order chi connectivity index (χ0) is 23.9. The van der Waals surface area contributed by atoms with Gasteiger partial charge in [-0.15, -0.1) is 10.2 Å². The monoisotopic (exact) mass is 457 g/mol. The van der Waals surface area contributed by atoms with Crippen LogP contribution in [0.5, 0.6) is 17.4 Å². The molecular weight excluding hydrogens is 430 g/mol. The lowest BCUT2D eigenvalue weighted by Crippen LogP contribution is -2.00. The molecule has 1 aromatic heterocycles. The molecule has 34 heavy (non-hydrogen) atoms. The van der Waals surface area contributed by atoms with E-state index in [0.29, 0.717) is 24.1 Å². The highest BCUT2D eigenvalue weighted by molar-refractivity contribution is 5.97. The lowest BCUT2D eigenvalue weighted by atomic mass is 10.2. The van der Waals surface area contributed by atoms with Crippen molar-refractivity contribution in [2.24, 2.45) is 10.2 Å². The highest BCUT2D eigenvalue weighted by atomic mass is 16.5. The van der Waals surface area contributed by atoms with E-state index in [9.17, 15) is 15.0 Å². The second-order valence-electron chi connectivity index (χ2n) is 8.03. The van der Waals surface area contributed by atoms with Gasteiger partial charge in [0.25, 0.3) is 5.91 Å². The number of phenols is 1. The van der Waals surface area contributed by atoms with E-state index in [1.54, 1.807) is 4.57 Å². The normalized spacial score (nSPS) is 11.3. The molecule has 0 fully saturated rings. The Morgan fingerprint density at radius 2 is 1.68 bits per heavy atom. The first kappa shape index (κ1) is 23.0. The molecule has 3 aromatic carbocycles. The fraction of sp³-hybridized carbons (Fsp3) is 0.222. The van der Waals surface area contributed by atoms with Crippen LogP contribution in [0.25, 0.3) is 10.9 Å². The van der Waals surface area contributed by atoms with Crippen molar-refractivity contribution in [1.29, 1.82) is 0 Å². The number of nitrogens with zero attached hydrogens (tertiary/aromatic N) is 3. The maximum atomic E-state index is 12.4. The summed E-state index contributed by atoms with van der Waals surface area (Å²) in [6, 6.07) is 21.0. The summed E-state index contributed by atoms with van der Waals surface area (Å²) in [6.07, 6.45) is 3.34. The van der Waals surface area contributed by atoms with Gasteiger partial charge in [0, 0.05) is 10.9 Å². The van der Waals surface area contributed by atoms with Crippen molar-refractivity contribution in [1.82, 2.24) is 4.57 Å². The number of carbonyl (C=O) groups is 1. The van der Waals surface area contributed by atoms with Crippen LogP contribution in [0.1, 0.15) is 42.1 Å². The summed E-state index contributed by atoms with van der Waals surface area (Å²) in [7, 11) is 0. The van der Waals surface area contributed by atoms with Crippen LogP contribution >= 0.6 is 0 Å². The van der Waals surface area contributed by atoms with Crippen molar-refractivity contribution in [2.75, 3.05) is 6.61 Å². The predicted molar refractivity (Wildman–Crippen MR) is 131 cm³/mol. The molecule has 1 amide bonds. The summed E-state index contributed by atoms with van der Waals surface area (Å²) in [5, 5.41) is 28.9. The van der Waals surface area contributed by atoms with Crippen molar-refractivity contribution >= 4 is 22.5 Å². The van der Waals surface area contributed by atoms with Crippen molar-refractivity contribution in [3.8, 4) is 17.4 Å². The van der Waals surface area contributed by atoms with E-state index < -0.39 is 5.91 Å². The van der Waals surface area contributed by atoms with Crippen LogP contribution in [0.2, 0.25) is 0 Å². The fourth-order valence-electron chi connectivity index (χ4n) is 3.70. The molecule has 7 nitrogen and oxygen atoms in total. The fourth-order valence-corrected chi connectivity index (χ4v) is 3.70. The van der Waals surface area contributed by atoms with E-state index in [2.05, 4.69) is 17.2 Å². The van der Waals surface area contributed by atoms with Gasteiger partial charge in [0.2, 0.25) is 5.88 Å². The average molecular weight is 458 g/mol. The maximum Gasteiger partial charge on any atom is 0.295 e. The number of amides is 1. The van der Waals surface area contributed by atoms with Crippen molar-refractivity contribution in [3.63, 3.8) is 0 Å². The molecule has 2 N–H and O–H groups in total. The highest BCUT2D eigenvalue weighted by Crippen LogP contribution is 2.39. The zero-order valence-corrected chi connectivity index (χ0v) is 19.0. The number of hydrogen-bond acceptors (Lipinski definition) is 5. The first-order valence-electron chi connectivity index (χ1n) is 11.3. The van der Waals surface area contributed by atoms with Gasteiger partial charge < -0.3 is 19.5 Å². The van der Waals surface area contributed by atoms with Crippen LogP contribution in [-0.2, 0) is 6.54 Å². The Bertz CT molecular complexity index is 1290. The SMILES string of the molecule is CCCCCOc1ccc(Cn2c(O)c(N=NC(=O)c3ccc(O)cc3)c3ccccc32)cc1. The van der Waals surface area contributed by atoms with E-state index in [0.717, 1.165) is 36.1 Å². The van der Waals surface area contributed by atoms with E-state index in [-0.39, 0.29) is 17.3 Å². The van der Waals surface area contributed by atoms with Gasteiger partial charge in [-0.25, -0.2) is 0 Å². The first-order valence-corrected chi connectivity index (χ1v) is 11.3. The number of phenolic OH excluding ortho intramolecular Hbond substituents is 1. The van der Waals surface area contributed by atoms with Gasteiger partial charge in [0.1, 0.15) is 11.5 Å². The third-order valence-corrected chi connectivity index (χ3v) is 5.55. The number of unbranched alkanes of at least 4 members (excludes halogenated alkanes) is 2. The zero-order valence-electron chi connectivity index (χ0n) is 19.0. The number of hydrogen-bond donors (Lipinski definition) is 2. The molecule has 0 spiro atoms. The van der Waals surface area contributed by atoms with E-state index in [1.807, 2.05) is 48.5 Å². The van der Waals surface area contributed by atoms with Crippen LogP contribution in [0, 0.1) is 0 Å². The van der Waals surface area contributed by atoms with Crippen LogP contribution in [0.4, 0.5) is 5.69 Å². The number of carbonyl (C=O) groups excluding carboxylic acids is 1. The highest BCUT2D eigenvalue weighted by Gasteiger charge is 2.17. The molecule has 0 saturated carbocycles. The Labute approximate surface area is 198 Å². The third kappa shape index (κ3) is 5.26. The summed E-state index contributed by atoms with van der Waals surface area (Å²) >= 11 is 0. The van der Waals surface area contributed by atoms with Crippen LogP contribution < -0.4 is 4.74 Å². The Kier molecular flexibility index (Phi) is 7.22. The second-order valence-corrected chi connectivity index (χ2v) is 8.03. The van der Waals surface area contributed by atoms with Crippen LogP contribution in [0.15, 0.2) is 83.0 Å². The topological polar surface area (TPSA) is 96.4 Å². The van der Waals surface area contributed by atoms with Crippen LogP contribution in [0.3, 0.4) is 0 Å². The summed E-state index contributed by atoms with van der Waals surface area (Å²) in [4.78, 5) is 12.4. The molecule has 0 saturated heterocycles. The van der Waals surface area contributed by atoms with E-state index >= 15 is 0 Å². The number of aromatic hydroxyl groups is 2. The number of benzene rings is 3. The van der Waals surface area contributed by atoms with Crippen molar-refractivity contribution in [3.05, 3.63) is 83.9 Å². The Balaban J connectivity index is 1.55. The molecule has 0 radical (unpaired) electrons. The number of rotatable bonds is 9. The Hall–Kier alpha value is -4.13. The summed E-state index contributed by atoms with van der Waals surface area (Å²) in [5.41, 5.74) is 2.30. The first-order chi connectivity index (χ1) is 16.6. The molecule has 0 atom stereocenters. The minimum atomic E-state index is -0.564. The van der Waals surface area contributed by atoms with E-state index in [4.69, 9.17) is 4.74 Å². The second kappa shape index (κ2) is 10.7. The quantitative estimate of drug-likeness (QED) is 0.219. The van der Waals surface area contributed by atoms with Crippen molar-refractivity contribution in [2.45, 2.75) is 32.7 Å². The largest absolute Gasteiger partial charge is 0.508 e. The minimum Gasteiger partial charge on any atom is -0.508 e. The molecule has 0 aliphatic heterocycles. The molecule has 0 unspecified atom stereocenters. The van der Waals surface area contributed by atoms with Gasteiger partial charge in [-0.2, -0.15) is 0 Å². The van der Waals surface area contributed by atoms with Gasteiger partial charge in [-0.3, -0.25) is 4.79 Å². The summed E-state index contributed by atoms with van der Waals surface area (Å²) < 4.78 is 7.52. The van der Waals surface area contributed by atoms with Gasteiger partial charge in [0.15, 0.2) is 5.69 Å². The van der Waals surface area contributed by atoms with Crippen molar-refractivity contribution < 1.29 is 19.7 Å². The van der Waals surface area contributed by atoms with E-state index in [1.165, 1.54) is 24.3 Å². The molecule has 174 valence electrons. The Morgan fingerprint density at radius 1 is 0.941 bits per heavy atom. The van der Waals surface area contributed by atoms with Gasteiger partial charge in [-0.1, -0.05) is 50.1 Å². The molecule has 1 heterocycles. The molecule has 4 rings (SSSR count). The Morgan fingerprint density at radius 3 is 2.41 bits per heavy atom. The standard InChI is InChI=1S/C27H27N3O4/c1-2-3-6-17-34-22-15-9-19(10-16-22)18-30-24-8-5-4-7-23(24)25(27(30)33)28-29-26(32)20-11-13-21(31)14-12-20/h4-5,7-16,31,33H,2-3,6,17-18H2,1H3. The molecule has 0 aliphatic carbocycles. The summed E-state index contributed by atoms with van der Waals surface area (Å²) in [6.45, 7) is 3.28. The lowest BCUT2D eigenvalue weighted by molar-refractivity contribution is 0.0995. The number of aromatic nitrogens is 1. The molecule has 0 aliphatic rings. The minimum absolute atomic E-state index is 0.0605. The number of fused-ring (bicyclic) bond motifs is 1. The molecule has 4 aromatic rings. The van der Waals surface area contributed by atoms with Crippen LogP contribution in [-0.4, -0.2) is 27.3 Å². The number of azo groups is 1. The predicted octanol–water partition coefficient (Wildman–Crippen LogP) is 6.59. The van der Waals surface area contributed by atoms with Gasteiger partial charge in [0.05, 0.1) is 18.7 Å². The van der Waals surface area contributed by atoms with Gasteiger partial charge >= 0.3 is 0 Å². The summed E-state index contributed by atoms with van der Waals surface area (Å²) in [5.74, 6) is 0.253. The smallest absolute Gasteiger partial charge is 0.295 e.